The van der Waals surface area contributed by atoms with Gasteiger partial charge < -0.3 is 18.9 Å². The molecule has 2 aliphatic rings. The molecule has 0 atom stereocenters. The number of ether oxygens (including phenoxy) is 4. The molecule has 0 N–H and O–H groups in total. The molecule has 0 unspecified atom stereocenters. The molecule has 0 bridgehead atoms. The lowest BCUT2D eigenvalue weighted by atomic mass is 9.90. The van der Waals surface area contributed by atoms with Gasteiger partial charge in [0.05, 0.1) is 25.7 Å². The quantitative estimate of drug-likeness (QED) is 0.445. The second kappa shape index (κ2) is 10.2. The lowest BCUT2D eigenvalue weighted by Gasteiger charge is -2.33. The average Bonchev–Trinajstić information content (AvgIpc) is 2.83. The summed E-state index contributed by atoms with van der Waals surface area (Å²) >= 11 is 0. The van der Waals surface area contributed by atoms with E-state index in [1.54, 1.807) is 26.4 Å². The van der Waals surface area contributed by atoms with Crippen LogP contribution in [-0.4, -0.2) is 43.9 Å². The summed E-state index contributed by atoms with van der Waals surface area (Å²) in [6.45, 7) is 3.14. The topological polar surface area (TPSA) is 83.3 Å². The molecule has 0 aliphatic carbocycles. The SMILES string of the molecule is COc1cc(CCC2CCN(Cc3cc([N+](=O)[O-])cc4c3OCOC4)CC2)cc(OC)c1. The van der Waals surface area contributed by atoms with Crippen molar-refractivity contribution in [3.05, 3.63) is 57.1 Å². The highest BCUT2D eigenvalue weighted by molar-refractivity contribution is 5.50. The lowest BCUT2D eigenvalue weighted by Crippen LogP contribution is -2.33. The maximum Gasteiger partial charge on any atom is 0.270 e. The van der Waals surface area contributed by atoms with Crippen molar-refractivity contribution < 1.29 is 23.9 Å². The molecule has 2 aromatic rings. The lowest BCUT2D eigenvalue weighted by molar-refractivity contribution is -0.385. The van der Waals surface area contributed by atoms with E-state index >= 15 is 0 Å². The van der Waals surface area contributed by atoms with Gasteiger partial charge >= 0.3 is 0 Å². The molecule has 2 aliphatic heterocycles. The standard InChI is InChI=1S/C24H30N2O6/c1-29-22-9-18(10-23(13-22)30-2)4-3-17-5-7-25(8-6-17)14-19-11-21(26(27)28)12-20-15-31-16-32-24(19)20/h9-13,17H,3-8,14-16H2,1-2H3. The Hall–Kier alpha value is -2.84. The van der Waals surface area contributed by atoms with E-state index in [0.29, 0.717) is 19.1 Å². The number of methoxy groups -OCH3 is 2. The van der Waals surface area contributed by atoms with Gasteiger partial charge in [-0.25, -0.2) is 0 Å². The Labute approximate surface area is 188 Å². The van der Waals surface area contributed by atoms with Gasteiger partial charge in [0.25, 0.3) is 5.69 Å². The highest BCUT2D eigenvalue weighted by atomic mass is 16.7. The van der Waals surface area contributed by atoms with Crippen LogP contribution in [0.3, 0.4) is 0 Å². The second-order valence-electron chi connectivity index (χ2n) is 8.44. The summed E-state index contributed by atoms with van der Waals surface area (Å²) in [6.07, 6.45) is 4.34. The number of hydrogen-bond donors (Lipinski definition) is 0. The van der Waals surface area contributed by atoms with Crippen LogP contribution in [0.5, 0.6) is 17.2 Å². The summed E-state index contributed by atoms with van der Waals surface area (Å²) in [5.74, 6) is 3.05. The molecule has 0 saturated carbocycles. The molecule has 172 valence electrons. The highest BCUT2D eigenvalue weighted by Crippen LogP contribution is 2.34. The van der Waals surface area contributed by atoms with Crippen LogP contribution >= 0.6 is 0 Å². The fraction of sp³-hybridized carbons (Fsp3) is 0.500. The molecular formula is C24H30N2O6. The van der Waals surface area contributed by atoms with Crippen LogP contribution < -0.4 is 14.2 Å². The van der Waals surface area contributed by atoms with Gasteiger partial charge in [-0.05, 0) is 62.4 Å². The van der Waals surface area contributed by atoms with E-state index in [9.17, 15) is 10.1 Å². The van der Waals surface area contributed by atoms with Crippen LogP contribution in [0.1, 0.15) is 36.0 Å². The Morgan fingerprint density at radius 1 is 1.09 bits per heavy atom. The van der Waals surface area contributed by atoms with Gasteiger partial charge in [-0.2, -0.15) is 0 Å². The second-order valence-corrected chi connectivity index (χ2v) is 8.44. The van der Waals surface area contributed by atoms with E-state index in [1.807, 2.05) is 6.07 Å². The summed E-state index contributed by atoms with van der Waals surface area (Å²) in [4.78, 5) is 13.4. The summed E-state index contributed by atoms with van der Waals surface area (Å²) in [6, 6.07) is 9.24. The number of nitrogens with zero attached hydrogens (tertiary/aromatic N) is 2. The Bertz CT molecular complexity index is 933. The monoisotopic (exact) mass is 442 g/mol. The minimum Gasteiger partial charge on any atom is -0.497 e. The van der Waals surface area contributed by atoms with Crippen LogP contribution in [0.25, 0.3) is 0 Å². The number of rotatable bonds is 8. The summed E-state index contributed by atoms with van der Waals surface area (Å²) in [5, 5.41) is 11.3. The van der Waals surface area contributed by atoms with Crippen molar-refractivity contribution >= 4 is 5.69 Å². The molecular weight excluding hydrogens is 412 g/mol. The molecule has 0 amide bonds. The van der Waals surface area contributed by atoms with Crippen LogP contribution in [-0.2, 0) is 24.3 Å². The third-order valence-electron chi connectivity index (χ3n) is 6.34. The first-order valence-corrected chi connectivity index (χ1v) is 11.0. The summed E-state index contributed by atoms with van der Waals surface area (Å²) in [5.41, 5.74) is 2.95. The van der Waals surface area contributed by atoms with Gasteiger partial charge in [-0.1, -0.05) is 0 Å². The number of aryl methyl sites for hydroxylation is 1. The molecule has 32 heavy (non-hydrogen) atoms. The largest absolute Gasteiger partial charge is 0.497 e. The summed E-state index contributed by atoms with van der Waals surface area (Å²) < 4.78 is 21.7. The van der Waals surface area contributed by atoms with E-state index in [1.165, 1.54) is 5.56 Å². The minimum absolute atomic E-state index is 0.0939. The Morgan fingerprint density at radius 3 is 2.47 bits per heavy atom. The fourth-order valence-corrected chi connectivity index (χ4v) is 4.56. The zero-order valence-corrected chi connectivity index (χ0v) is 18.7. The molecule has 2 heterocycles. The number of hydrogen-bond acceptors (Lipinski definition) is 7. The van der Waals surface area contributed by atoms with Crippen molar-refractivity contribution in [2.24, 2.45) is 5.92 Å². The third-order valence-corrected chi connectivity index (χ3v) is 6.34. The normalized spacial score (nSPS) is 16.8. The predicted molar refractivity (Wildman–Crippen MR) is 119 cm³/mol. The van der Waals surface area contributed by atoms with Crippen LogP contribution in [0.15, 0.2) is 30.3 Å². The molecule has 0 aromatic heterocycles. The number of nitro groups is 1. The first-order valence-electron chi connectivity index (χ1n) is 11.0. The van der Waals surface area contributed by atoms with Gasteiger partial charge in [0, 0.05) is 35.9 Å². The number of benzene rings is 2. The maximum atomic E-state index is 11.3. The van der Waals surface area contributed by atoms with Crippen molar-refractivity contribution in [3.63, 3.8) is 0 Å². The number of nitro benzene ring substituents is 1. The van der Waals surface area contributed by atoms with Gasteiger partial charge in [0.1, 0.15) is 17.2 Å². The van der Waals surface area contributed by atoms with E-state index in [4.69, 9.17) is 18.9 Å². The molecule has 2 aromatic carbocycles. The van der Waals surface area contributed by atoms with Gasteiger partial charge in [0.2, 0.25) is 0 Å². The van der Waals surface area contributed by atoms with Gasteiger partial charge in [-0.15, -0.1) is 0 Å². The van der Waals surface area contributed by atoms with Crippen molar-refractivity contribution in [2.75, 3.05) is 34.1 Å². The Morgan fingerprint density at radius 2 is 1.81 bits per heavy atom. The minimum atomic E-state index is -0.349. The molecule has 0 spiro atoms. The Balaban J connectivity index is 1.34. The molecule has 1 saturated heterocycles. The fourth-order valence-electron chi connectivity index (χ4n) is 4.56. The van der Waals surface area contributed by atoms with E-state index in [-0.39, 0.29) is 17.4 Å². The zero-order valence-electron chi connectivity index (χ0n) is 18.7. The highest BCUT2D eigenvalue weighted by Gasteiger charge is 2.25. The molecule has 1 fully saturated rings. The van der Waals surface area contributed by atoms with Crippen molar-refractivity contribution in [3.8, 4) is 17.2 Å². The van der Waals surface area contributed by atoms with Crippen LogP contribution in [0.2, 0.25) is 0 Å². The van der Waals surface area contributed by atoms with Crippen LogP contribution in [0, 0.1) is 16.0 Å². The zero-order chi connectivity index (χ0) is 22.5. The Kier molecular flexibility index (Phi) is 7.12. The van der Waals surface area contributed by atoms with E-state index in [2.05, 4.69) is 17.0 Å². The molecule has 4 rings (SSSR count). The predicted octanol–water partition coefficient (Wildman–Crippen LogP) is 4.32. The number of fused-ring (bicyclic) bond motifs is 1. The van der Waals surface area contributed by atoms with Crippen molar-refractivity contribution in [1.29, 1.82) is 0 Å². The van der Waals surface area contributed by atoms with Crippen molar-refractivity contribution in [2.45, 2.75) is 38.8 Å². The first-order chi connectivity index (χ1) is 15.6. The number of likely N-dealkylation sites (tertiary alicyclic amines) is 1. The maximum absolute atomic E-state index is 11.3. The van der Waals surface area contributed by atoms with Gasteiger partial charge in [0.15, 0.2) is 6.79 Å². The first kappa shape index (κ1) is 22.4. The van der Waals surface area contributed by atoms with Crippen LogP contribution in [0.4, 0.5) is 5.69 Å². The molecule has 8 nitrogen and oxygen atoms in total. The van der Waals surface area contributed by atoms with E-state index < -0.39 is 0 Å². The molecule has 8 heteroatoms. The number of piperidine rings is 1. The van der Waals surface area contributed by atoms with E-state index in [0.717, 1.165) is 67.1 Å². The molecule has 0 radical (unpaired) electrons. The smallest absolute Gasteiger partial charge is 0.270 e. The number of non-ortho nitro benzene ring substituents is 1. The third kappa shape index (κ3) is 5.31. The summed E-state index contributed by atoms with van der Waals surface area (Å²) in [7, 11) is 3.34. The van der Waals surface area contributed by atoms with Crippen molar-refractivity contribution in [1.82, 2.24) is 4.90 Å². The van der Waals surface area contributed by atoms with Gasteiger partial charge in [-0.3, -0.25) is 15.0 Å². The average molecular weight is 443 g/mol.